The molecule has 0 spiro atoms. The Morgan fingerprint density at radius 1 is 1.14 bits per heavy atom. The molecule has 1 amide bonds. The van der Waals surface area contributed by atoms with Gasteiger partial charge in [-0.15, -0.1) is 0 Å². The van der Waals surface area contributed by atoms with Crippen molar-refractivity contribution in [2.45, 2.75) is 25.0 Å². The molecule has 1 aliphatic rings. The summed E-state index contributed by atoms with van der Waals surface area (Å²) in [7, 11) is 0. The van der Waals surface area contributed by atoms with E-state index in [-0.39, 0.29) is 5.91 Å². The van der Waals surface area contributed by atoms with Crippen LogP contribution in [0.5, 0.6) is 5.75 Å². The zero-order valence-electron chi connectivity index (χ0n) is 15.4. The number of pyridine rings is 1. The molecule has 0 atom stereocenters. The van der Waals surface area contributed by atoms with Gasteiger partial charge in [-0.3, -0.25) is 14.9 Å². The lowest BCUT2D eigenvalue weighted by molar-refractivity contribution is -0.0245. The Morgan fingerprint density at radius 3 is 2.61 bits per heavy atom. The quantitative estimate of drug-likeness (QED) is 0.712. The van der Waals surface area contributed by atoms with Crippen LogP contribution in [0.4, 0.5) is 0 Å². The molecule has 0 aliphatic carbocycles. The number of aromatic nitrogens is 3. The number of aliphatic hydroxyl groups is 1. The highest BCUT2D eigenvalue weighted by molar-refractivity contribution is 5.92. The Morgan fingerprint density at radius 2 is 1.89 bits per heavy atom. The van der Waals surface area contributed by atoms with E-state index in [1.54, 1.807) is 17.2 Å². The predicted molar refractivity (Wildman–Crippen MR) is 103 cm³/mol. The molecule has 1 aliphatic heterocycles. The fraction of sp³-hybridized carbons (Fsp3) is 0.286. The second-order valence-electron chi connectivity index (χ2n) is 6.92. The van der Waals surface area contributed by atoms with Gasteiger partial charge < -0.3 is 14.7 Å². The molecule has 1 saturated heterocycles. The van der Waals surface area contributed by atoms with Gasteiger partial charge in [-0.2, -0.15) is 5.10 Å². The Balaban J connectivity index is 1.35. The number of ether oxygens (including phenoxy) is 1. The number of para-hydroxylation sites is 1. The fourth-order valence-electron chi connectivity index (χ4n) is 3.36. The first kappa shape index (κ1) is 18.2. The number of nitrogens with zero attached hydrogens (tertiary/aromatic N) is 3. The van der Waals surface area contributed by atoms with E-state index >= 15 is 0 Å². The van der Waals surface area contributed by atoms with Gasteiger partial charge >= 0.3 is 0 Å². The van der Waals surface area contributed by atoms with E-state index in [0.717, 1.165) is 11.4 Å². The molecule has 1 aromatic carbocycles. The first-order valence-electron chi connectivity index (χ1n) is 9.29. The van der Waals surface area contributed by atoms with E-state index in [9.17, 15) is 9.90 Å². The molecule has 7 nitrogen and oxygen atoms in total. The molecule has 28 heavy (non-hydrogen) atoms. The monoisotopic (exact) mass is 378 g/mol. The molecule has 1 fully saturated rings. The molecule has 2 aromatic heterocycles. The smallest absolute Gasteiger partial charge is 0.274 e. The Kier molecular flexibility index (Phi) is 5.08. The van der Waals surface area contributed by atoms with E-state index in [4.69, 9.17) is 4.74 Å². The minimum absolute atomic E-state index is 0.148. The maximum Gasteiger partial charge on any atom is 0.274 e. The van der Waals surface area contributed by atoms with Crippen LogP contribution in [0.25, 0.3) is 0 Å². The molecule has 7 heteroatoms. The summed E-state index contributed by atoms with van der Waals surface area (Å²) >= 11 is 0. The third kappa shape index (κ3) is 3.89. The van der Waals surface area contributed by atoms with Crippen LogP contribution in [0.1, 0.15) is 34.7 Å². The van der Waals surface area contributed by atoms with Crippen molar-refractivity contribution >= 4 is 5.91 Å². The van der Waals surface area contributed by atoms with E-state index in [1.165, 1.54) is 0 Å². The van der Waals surface area contributed by atoms with Gasteiger partial charge in [0.25, 0.3) is 5.91 Å². The van der Waals surface area contributed by atoms with Gasteiger partial charge in [-0.1, -0.05) is 24.3 Å². The number of piperidine rings is 1. The normalized spacial score (nSPS) is 16.0. The van der Waals surface area contributed by atoms with E-state index in [2.05, 4.69) is 15.2 Å². The number of carbonyl (C=O) groups is 1. The Labute approximate surface area is 163 Å². The minimum atomic E-state index is -0.988. The van der Waals surface area contributed by atoms with E-state index in [1.807, 2.05) is 48.5 Å². The number of carbonyl (C=O) groups excluding carboxylic acids is 1. The third-order valence-electron chi connectivity index (χ3n) is 5.01. The molecule has 3 aromatic rings. The van der Waals surface area contributed by atoms with Gasteiger partial charge in [-0.25, -0.2) is 0 Å². The number of rotatable bonds is 5. The number of nitrogens with one attached hydrogen (secondary N) is 1. The summed E-state index contributed by atoms with van der Waals surface area (Å²) in [5.41, 5.74) is 0.754. The van der Waals surface area contributed by atoms with Crippen LogP contribution < -0.4 is 4.74 Å². The summed E-state index contributed by atoms with van der Waals surface area (Å²) in [5.74, 6) is 0.611. The summed E-state index contributed by atoms with van der Waals surface area (Å²) in [6.07, 6.45) is 2.57. The molecule has 0 bridgehead atoms. The number of hydrogen-bond donors (Lipinski definition) is 2. The van der Waals surface area contributed by atoms with Crippen LogP contribution in [-0.4, -0.2) is 44.2 Å². The topological polar surface area (TPSA) is 91.3 Å². The second-order valence-corrected chi connectivity index (χ2v) is 6.92. The van der Waals surface area contributed by atoms with Crippen molar-refractivity contribution in [3.8, 4) is 5.75 Å². The zero-order valence-corrected chi connectivity index (χ0v) is 15.4. The number of benzene rings is 1. The van der Waals surface area contributed by atoms with Crippen LogP contribution in [-0.2, 0) is 12.2 Å². The number of amides is 1. The van der Waals surface area contributed by atoms with Crippen LogP contribution in [0.3, 0.4) is 0 Å². The summed E-state index contributed by atoms with van der Waals surface area (Å²) in [5, 5.41) is 17.8. The predicted octanol–water partition coefficient (Wildman–Crippen LogP) is 2.51. The van der Waals surface area contributed by atoms with Crippen molar-refractivity contribution in [1.29, 1.82) is 0 Å². The highest BCUT2D eigenvalue weighted by Gasteiger charge is 2.37. The van der Waals surface area contributed by atoms with E-state index in [0.29, 0.717) is 43.9 Å². The summed E-state index contributed by atoms with van der Waals surface area (Å²) in [6.45, 7) is 1.22. The largest absolute Gasteiger partial charge is 0.487 e. The second kappa shape index (κ2) is 7.82. The highest BCUT2D eigenvalue weighted by Crippen LogP contribution is 2.31. The van der Waals surface area contributed by atoms with Gasteiger partial charge in [0.2, 0.25) is 0 Å². The van der Waals surface area contributed by atoms with Crippen LogP contribution in [0.15, 0.2) is 60.8 Å². The van der Waals surface area contributed by atoms with Gasteiger partial charge in [0, 0.05) is 19.3 Å². The maximum absolute atomic E-state index is 12.7. The lowest BCUT2D eigenvalue weighted by Gasteiger charge is -2.37. The van der Waals surface area contributed by atoms with Gasteiger partial charge in [0.1, 0.15) is 18.0 Å². The first-order chi connectivity index (χ1) is 13.6. The number of H-pyrrole nitrogens is 1. The van der Waals surface area contributed by atoms with Crippen molar-refractivity contribution in [2.24, 2.45) is 0 Å². The van der Waals surface area contributed by atoms with Crippen molar-refractivity contribution in [3.05, 3.63) is 77.9 Å². The molecule has 3 heterocycles. The van der Waals surface area contributed by atoms with Gasteiger partial charge in [0.05, 0.1) is 11.4 Å². The van der Waals surface area contributed by atoms with Crippen molar-refractivity contribution in [1.82, 2.24) is 20.1 Å². The minimum Gasteiger partial charge on any atom is -0.487 e. The molecule has 0 saturated carbocycles. The number of aromatic amines is 1. The van der Waals surface area contributed by atoms with Crippen LogP contribution in [0, 0.1) is 0 Å². The van der Waals surface area contributed by atoms with E-state index < -0.39 is 5.60 Å². The summed E-state index contributed by atoms with van der Waals surface area (Å²) < 4.78 is 5.67. The molecule has 0 unspecified atom stereocenters. The standard InChI is InChI=1S/C21H22N4O3/c26-20(18-14-16(23-24-18)15-28-17-6-2-1-3-7-17)25-12-9-21(27,10-13-25)19-8-4-5-11-22-19/h1-8,11,14,27H,9-10,12-13,15H2,(H,23,24). The molecule has 2 N–H and O–H groups in total. The first-order valence-corrected chi connectivity index (χ1v) is 9.29. The van der Waals surface area contributed by atoms with Crippen molar-refractivity contribution in [2.75, 3.05) is 13.1 Å². The highest BCUT2D eigenvalue weighted by atomic mass is 16.5. The molecular weight excluding hydrogens is 356 g/mol. The Hall–Kier alpha value is -3.19. The lowest BCUT2D eigenvalue weighted by atomic mass is 9.87. The number of hydrogen-bond acceptors (Lipinski definition) is 5. The maximum atomic E-state index is 12.7. The van der Waals surface area contributed by atoms with Crippen molar-refractivity contribution in [3.63, 3.8) is 0 Å². The fourth-order valence-corrected chi connectivity index (χ4v) is 3.36. The molecule has 4 rings (SSSR count). The molecular formula is C21H22N4O3. The average molecular weight is 378 g/mol. The summed E-state index contributed by atoms with van der Waals surface area (Å²) in [6, 6.07) is 16.7. The Bertz CT molecular complexity index is 919. The lowest BCUT2D eigenvalue weighted by Crippen LogP contribution is -2.45. The van der Waals surface area contributed by atoms with Gasteiger partial charge in [0.15, 0.2) is 5.69 Å². The SMILES string of the molecule is O=C(c1cc(COc2ccccc2)[nH]n1)N1CCC(O)(c2ccccn2)CC1. The van der Waals surface area contributed by atoms with Gasteiger partial charge in [-0.05, 0) is 43.2 Å². The van der Waals surface area contributed by atoms with Crippen LogP contribution in [0.2, 0.25) is 0 Å². The van der Waals surface area contributed by atoms with Crippen molar-refractivity contribution < 1.29 is 14.6 Å². The number of likely N-dealkylation sites (tertiary alicyclic amines) is 1. The van der Waals surface area contributed by atoms with Crippen LogP contribution >= 0.6 is 0 Å². The average Bonchev–Trinajstić information content (AvgIpc) is 3.23. The third-order valence-corrected chi connectivity index (χ3v) is 5.01. The zero-order chi connectivity index (χ0) is 19.4. The molecule has 144 valence electrons. The molecule has 0 radical (unpaired) electrons. The summed E-state index contributed by atoms with van der Waals surface area (Å²) in [4.78, 5) is 18.7.